The molecule has 1 aromatic carbocycles. The van der Waals surface area contributed by atoms with Crippen LogP contribution in [0.15, 0.2) is 40.6 Å². The molecule has 7 heteroatoms. The fourth-order valence-corrected chi connectivity index (χ4v) is 7.67. The highest BCUT2D eigenvalue weighted by atomic mass is 35.5. The van der Waals surface area contributed by atoms with Gasteiger partial charge in [-0.05, 0) is 65.0 Å². The summed E-state index contributed by atoms with van der Waals surface area (Å²) in [6.45, 7) is 0. The minimum absolute atomic E-state index is 0.212. The first-order valence-corrected chi connectivity index (χ1v) is 10.4. The second-order valence-corrected chi connectivity index (χ2v) is 9.07. The minimum atomic E-state index is -0.500. The van der Waals surface area contributed by atoms with E-state index >= 15 is 0 Å². The molecular formula is C22H21ClN2O4. The molecule has 6 nitrogen and oxygen atoms in total. The van der Waals surface area contributed by atoms with Crippen LogP contribution in [0.3, 0.4) is 0 Å². The highest BCUT2D eigenvalue weighted by Crippen LogP contribution is 2.74. The first-order valence-electron chi connectivity index (χ1n) is 10.1. The summed E-state index contributed by atoms with van der Waals surface area (Å²) in [6.07, 6.45) is 2.11. The molecule has 1 aliphatic heterocycles. The van der Waals surface area contributed by atoms with E-state index in [9.17, 15) is 9.59 Å². The lowest BCUT2D eigenvalue weighted by atomic mass is 9.62. The number of hydrogen-bond donors (Lipinski definition) is 0. The zero-order valence-electron chi connectivity index (χ0n) is 16.2. The molecule has 29 heavy (non-hydrogen) atoms. The summed E-state index contributed by atoms with van der Waals surface area (Å²) in [6, 6.07) is 8.75. The summed E-state index contributed by atoms with van der Waals surface area (Å²) in [5.74, 6) is 1.30. The van der Waals surface area contributed by atoms with Crippen molar-refractivity contribution in [1.82, 2.24) is 4.53 Å². The van der Waals surface area contributed by atoms with E-state index in [2.05, 4.69) is 29.4 Å². The number of ether oxygens (including phenoxy) is 2. The monoisotopic (exact) mass is 412 g/mol. The van der Waals surface area contributed by atoms with E-state index in [1.54, 1.807) is 0 Å². The average molecular weight is 413 g/mol. The Balaban J connectivity index is 1.51. The first-order chi connectivity index (χ1) is 14.1. The van der Waals surface area contributed by atoms with E-state index in [0.717, 1.165) is 22.9 Å². The van der Waals surface area contributed by atoms with Crippen molar-refractivity contribution in [3.8, 4) is 0 Å². The topological polar surface area (TPSA) is 68.2 Å². The number of methoxy groups -OCH3 is 2. The molecule has 5 aliphatic rings. The molecule has 1 heterocycles. The smallest absolute Gasteiger partial charge is 0.357 e. The lowest BCUT2D eigenvalue weighted by Gasteiger charge is -2.43. The van der Waals surface area contributed by atoms with Crippen molar-refractivity contribution in [2.45, 2.75) is 24.7 Å². The second-order valence-electron chi connectivity index (χ2n) is 8.75. The van der Waals surface area contributed by atoms with Crippen LogP contribution in [-0.4, -0.2) is 36.4 Å². The van der Waals surface area contributed by atoms with E-state index in [1.165, 1.54) is 25.3 Å². The Morgan fingerprint density at radius 1 is 1.00 bits per heavy atom. The molecule has 3 fully saturated rings. The van der Waals surface area contributed by atoms with Gasteiger partial charge in [-0.25, -0.2) is 9.59 Å². The van der Waals surface area contributed by atoms with E-state index < -0.39 is 11.9 Å². The first kappa shape index (κ1) is 17.5. The molecule has 4 aliphatic carbocycles. The number of rotatable bonds is 2. The normalized spacial score (nSPS) is 37.8. The molecule has 0 radical (unpaired) electrons. The van der Waals surface area contributed by atoms with E-state index in [4.69, 9.17) is 21.3 Å². The zero-order valence-corrected chi connectivity index (χ0v) is 16.9. The van der Waals surface area contributed by atoms with Crippen LogP contribution in [0.4, 0.5) is 0 Å². The molecule has 0 amide bonds. The maximum absolute atomic E-state index is 12.6. The lowest BCUT2D eigenvalue weighted by molar-refractivity contribution is -0.138. The van der Waals surface area contributed by atoms with Gasteiger partial charge in [-0.1, -0.05) is 24.3 Å². The Bertz CT molecular complexity index is 1020. The number of fused-ring (bicyclic) bond motifs is 15. The van der Waals surface area contributed by atoms with Crippen molar-refractivity contribution >= 4 is 29.4 Å². The molecule has 0 N–H and O–H groups in total. The van der Waals surface area contributed by atoms with E-state index in [-0.39, 0.29) is 23.5 Å². The van der Waals surface area contributed by atoms with Gasteiger partial charge in [0.1, 0.15) is 0 Å². The largest absolute Gasteiger partial charge is 0.464 e. The summed E-state index contributed by atoms with van der Waals surface area (Å²) >= 11 is 6.34. The third-order valence-electron chi connectivity index (χ3n) is 8.05. The highest BCUT2D eigenvalue weighted by Gasteiger charge is 2.68. The third kappa shape index (κ3) is 2.00. The van der Waals surface area contributed by atoms with Crippen LogP contribution in [0.2, 0.25) is 0 Å². The summed E-state index contributed by atoms with van der Waals surface area (Å²) in [4.78, 5) is 25.2. The molecular weight excluding hydrogens is 392 g/mol. The molecule has 0 saturated heterocycles. The van der Waals surface area contributed by atoms with Gasteiger partial charge >= 0.3 is 11.9 Å². The van der Waals surface area contributed by atoms with Crippen LogP contribution in [0.1, 0.15) is 35.8 Å². The van der Waals surface area contributed by atoms with Gasteiger partial charge in [0.05, 0.1) is 14.2 Å². The van der Waals surface area contributed by atoms with Gasteiger partial charge in [0.25, 0.3) is 0 Å². The Hall–Kier alpha value is -2.34. The molecule has 150 valence electrons. The number of carbonyl (C=O) groups is 2. The number of carbonyl (C=O) groups excluding carboxylic acids is 2. The summed E-state index contributed by atoms with van der Waals surface area (Å²) < 4.78 is 11.0. The molecule has 1 aromatic rings. The fraction of sp³-hybridized carbons (Fsp3) is 0.500. The number of halogens is 1. The maximum atomic E-state index is 12.6. The van der Waals surface area contributed by atoms with Crippen LogP contribution >= 0.6 is 11.8 Å². The van der Waals surface area contributed by atoms with E-state index in [1.807, 2.05) is 0 Å². The van der Waals surface area contributed by atoms with Crippen LogP contribution in [0.5, 0.6) is 0 Å². The minimum Gasteiger partial charge on any atom is -0.464 e. The molecule has 7 atom stereocenters. The molecule has 4 bridgehead atoms. The predicted octanol–water partition coefficient (Wildman–Crippen LogP) is 3.19. The van der Waals surface area contributed by atoms with Crippen molar-refractivity contribution in [1.29, 1.82) is 0 Å². The van der Waals surface area contributed by atoms with Gasteiger partial charge in [0.15, 0.2) is 11.4 Å². The highest BCUT2D eigenvalue weighted by molar-refractivity contribution is 6.39. The average Bonchev–Trinajstić information content (AvgIpc) is 3.49. The quantitative estimate of drug-likeness (QED) is 0.424. The van der Waals surface area contributed by atoms with Gasteiger partial charge in [-0.15, -0.1) is 0 Å². The van der Waals surface area contributed by atoms with Gasteiger partial charge < -0.3 is 9.47 Å². The predicted molar refractivity (Wildman–Crippen MR) is 105 cm³/mol. The van der Waals surface area contributed by atoms with Gasteiger partial charge in [-0.2, -0.15) is 9.63 Å². The second kappa shape index (κ2) is 5.85. The summed E-state index contributed by atoms with van der Waals surface area (Å²) in [5.41, 5.74) is 4.46. The third-order valence-corrected chi connectivity index (χ3v) is 8.29. The van der Waals surface area contributed by atoms with Crippen molar-refractivity contribution < 1.29 is 19.1 Å². The van der Waals surface area contributed by atoms with Gasteiger partial charge in [0.2, 0.25) is 0 Å². The number of allylic oxidation sites excluding steroid dienone is 1. The fourth-order valence-electron chi connectivity index (χ4n) is 7.42. The SMILES string of the molecule is COC(=O)C1=NN(Cl)C(C(=O)OC)=C2[C@H]1[C@@H]1C[C@H]2[C@H]2[C@@H]1[C@@H]1C[C@H]2c2ccccc21. The summed E-state index contributed by atoms with van der Waals surface area (Å²) in [7, 11) is 2.70. The van der Waals surface area contributed by atoms with Crippen molar-refractivity contribution in [2.75, 3.05) is 14.2 Å². The number of benzene rings is 1. The number of nitrogens with zero attached hydrogens (tertiary/aromatic N) is 2. The number of hydrazone groups is 1. The summed E-state index contributed by atoms with van der Waals surface area (Å²) in [5, 5.41) is 4.27. The van der Waals surface area contributed by atoms with Crippen LogP contribution < -0.4 is 0 Å². The van der Waals surface area contributed by atoms with Crippen molar-refractivity contribution in [3.63, 3.8) is 0 Å². The Morgan fingerprint density at radius 3 is 2.31 bits per heavy atom. The lowest BCUT2D eigenvalue weighted by Crippen LogP contribution is -2.44. The molecule has 0 aromatic heterocycles. The zero-order chi connectivity index (χ0) is 20.0. The van der Waals surface area contributed by atoms with Gasteiger partial charge in [0, 0.05) is 17.7 Å². The van der Waals surface area contributed by atoms with Crippen molar-refractivity contribution in [3.05, 3.63) is 46.7 Å². The maximum Gasteiger partial charge on any atom is 0.357 e. The Morgan fingerprint density at radius 2 is 1.66 bits per heavy atom. The van der Waals surface area contributed by atoms with Gasteiger partial charge in [-0.3, -0.25) is 0 Å². The molecule has 0 spiro atoms. The Labute approximate surface area is 173 Å². The number of hydrogen-bond acceptors (Lipinski definition) is 6. The van der Waals surface area contributed by atoms with Crippen LogP contribution in [0.25, 0.3) is 0 Å². The molecule has 0 unspecified atom stereocenters. The number of esters is 2. The molecule has 6 rings (SSSR count). The molecule has 3 saturated carbocycles. The van der Waals surface area contributed by atoms with Crippen LogP contribution in [0, 0.1) is 29.6 Å². The Kier molecular flexibility index (Phi) is 3.53. The van der Waals surface area contributed by atoms with E-state index in [0.29, 0.717) is 29.4 Å². The van der Waals surface area contributed by atoms with Crippen LogP contribution in [-0.2, 0) is 19.1 Å². The van der Waals surface area contributed by atoms with Crippen molar-refractivity contribution in [2.24, 2.45) is 34.7 Å². The standard InChI is InChI=1S/C22H21ClN2O4/c1-28-21(26)19-17-13-8-14(18(17)20(22(27)29-2)25(23)24-19)16-12-7-11(15(13)16)9-5-3-4-6-10(9)12/h3-6,11-17H,7-8H2,1-2H3/t11-,12+,13-,14+,15-,16+,17-/m1/s1.